The predicted molar refractivity (Wildman–Crippen MR) is 83.2 cm³/mol. The van der Waals surface area contributed by atoms with Crippen LogP contribution in [0.3, 0.4) is 0 Å². The molecule has 1 atom stereocenters. The van der Waals surface area contributed by atoms with Crippen molar-refractivity contribution in [1.82, 2.24) is 4.98 Å². The first-order chi connectivity index (χ1) is 11.2. The first-order valence-corrected chi connectivity index (χ1v) is 7.42. The third-order valence-corrected chi connectivity index (χ3v) is 3.96. The largest absolute Gasteiger partial charge is 0.490 e. The summed E-state index contributed by atoms with van der Waals surface area (Å²) in [6.07, 6.45) is 4.12. The van der Waals surface area contributed by atoms with Crippen LogP contribution in [0.2, 0.25) is 0 Å². The molecule has 0 aliphatic heterocycles. The number of aryl methyl sites for hydroxylation is 1. The van der Waals surface area contributed by atoms with E-state index in [1.54, 1.807) is 24.4 Å². The van der Waals surface area contributed by atoms with Crippen molar-refractivity contribution in [2.45, 2.75) is 25.4 Å². The van der Waals surface area contributed by atoms with Gasteiger partial charge in [-0.15, -0.1) is 0 Å². The number of rotatable bonds is 3. The number of benzene rings is 1. The number of nitrogens with zero attached hydrogens (tertiary/aromatic N) is 2. The molecular formula is C18H16N2O3. The molecule has 1 aromatic heterocycles. The molecule has 0 saturated heterocycles. The highest BCUT2D eigenvalue weighted by Crippen LogP contribution is 2.26. The maximum absolute atomic E-state index is 11.6. The van der Waals surface area contributed by atoms with E-state index in [9.17, 15) is 4.79 Å². The molecule has 0 saturated carbocycles. The summed E-state index contributed by atoms with van der Waals surface area (Å²) >= 11 is 0. The molecular weight excluding hydrogens is 292 g/mol. The Hall–Kier alpha value is -2.87. The number of aromatic nitrogens is 1. The number of ether oxygens (including phenoxy) is 2. The molecule has 0 spiro atoms. The lowest BCUT2D eigenvalue weighted by molar-refractivity contribution is 0.0600. The summed E-state index contributed by atoms with van der Waals surface area (Å²) in [6, 6.07) is 11.1. The van der Waals surface area contributed by atoms with Crippen LogP contribution in [0.5, 0.6) is 5.75 Å². The molecule has 5 heteroatoms. The Bertz CT molecular complexity index is 780. The summed E-state index contributed by atoms with van der Waals surface area (Å²) in [5.41, 5.74) is 3.28. The van der Waals surface area contributed by atoms with Gasteiger partial charge in [-0.1, -0.05) is 6.07 Å². The molecule has 0 N–H and O–H groups in total. The van der Waals surface area contributed by atoms with Crippen molar-refractivity contribution in [3.05, 3.63) is 58.9 Å². The summed E-state index contributed by atoms with van der Waals surface area (Å²) in [5, 5.41) is 8.88. The average molecular weight is 308 g/mol. The van der Waals surface area contributed by atoms with E-state index in [1.807, 2.05) is 18.2 Å². The van der Waals surface area contributed by atoms with E-state index in [-0.39, 0.29) is 12.1 Å². The minimum Gasteiger partial charge on any atom is -0.490 e. The van der Waals surface area contributed by atoms with Crippen molar-refractivity contribution in [2.75, 3.05) is 7.11 Å². The molecule has 0 bridgehead atoms. The third kappa shape index (κ3) is 3.32. The number of nitriles is 1. The van der Waals surface area contributed by atoms with Gasteiger partial charge >= 0.3 is 5.97 Å². The fourth-order valence-corrected chi connectivity index (χ4v) is 2.81. The Morgan fingerprint density at radius 2 is 2.17 bits per heavy atom. The lowest BCUT2D eigenvalue weighted by Crippen LogP contribution is -2.25. The van der Waals surface area contributed by atoms with Gasteiger partial charge < -0.3 is 9.47 Å². The highest BCUT2D eigenvalue weighted by molar-refractivity contribution is 5.89. The molecule has 0 fully saturated rings. The standard InChI is InChI=1S/C18H16N2O3/c1-22-18(21)14-3-2-13-9-16(5-4-12(13)8-14)23-17-6-7-20-15(10-17)11-19/h2-3,6-8,10,16H,4-5,9H2,1H3. The van der Waals surface area contributed by atoms with Gasteiger partial charge in [-0.05, 0) is 42.2 Å². The van der Waals surface area contributed by atoms with Gasteiger partial charge in [0.15, 0.2) is 0 Å². The minimum atomic E-state index is -0.313. The van der Waals surface area contributed by atoms with Gasteiger partial charge in [-0.2, -0.15) is 5.26 Å². The third-order valence-electron chi connectivity index (χ3n) is 3.96. The predicted octanol–water partition coefficient (Wildman–Crippen LogP) is 2.68. The van der Waals surface area contributed by atoms with E-state index in [1.165, 1.54) is 18.2 Å². The number of hydrogen-bond acceptors (Lipinski definition) is 5. The lowest BCUT2D eigenvalue weighted by Gasteiger charge is -2.25. The summed E-state index contributed by atoms with van der Waals surface area (Å²) in [6.45, 7) is 0. The zero-order valence-corrected chi connectivity index (χ0v) is 12.8. The maximum Gasteiger partial charge on any atom is 0.337 e. The fraction of sp³-hybridized carbons (Fsp3) is 0.278. The molecule has 1 aromatic carbocycles. The van der Waals surface area contributed by atoms with E-state index < -0.39 is 0 Å². The number of esters is 1. The number of carbonyl (C=O) groups excluding carboxylic acids is 1. The highest BCUT2D eigenvalue weighted by atomic mass is 16.5. The Kier molecular flexibility index (Phi) is 4.24. The first-order valence-electron chi connectivity index (χ1n) is 7.42. The van der Waals surface area contributed by atoms with Crippen LogP contribution in [-0.4, -0.2) is 24.2 Å². The molecule has 2 aromatic rings. The van der Waals surface area contributed by atoms with Gasteiger partial charge in [-0.25, -0.2) is 9.78 Å². The summed E-state index contributed by atoms with van der Waals surface area (Å²) in [4.78, 5) is 15.5. The SMILES string of the molecule is COC(=O)c1ccc2c(c1)CCC(Oc1ccnc(C#N)c1)C2. The number of methoxy groups -OCH3 is 1. The smallest absolute Gasteiger partial charge is 0.337 e. The van der Waals surface area contributed by atoms with Crippen LogP contribution in [0.15, 0.2) is 36.5 Å². The molecule has 1 unspecified atom stereocenters. The van der Waals surface area contributed by atoms with Crippen LogP contribution >= 0.6 is 0 Å². The quantitative estimate of drug-likeness (QED) is 0.815. The van der Waals surface area contributed by atoms with Crippen LogP contribution in [0, 0.1) is 11.3 Å². The fourth-order valence-electron chi connectivity index (χ4n) is 2.81. The molecule has 0 amide bonds. The Morgan fingerprint density at radius 1 is 1.30 bits per heavy atom. The second kappa shape index (κ2) is 6.49. The van der Waals surface area contributed by atoms with Gasteiger partial charge in [0, 0.05) is 18.7 Å². The maximum atomic E-state index is 11.6. The molecule has 116 valence electrons. The number of hydrogen-bond donors (Lipinski definition) is 0. The van der Waals surface area contributed by atoms with Gasteiger partial charge in [0.05, 0.1) is 12.7 Å². The van der Waals surface area contributed by atoms with E-state index >= 15 is 0 Å². The zero-order chi connectivity index (χ0) is 16.2. The van der Waals surface area contributed by atoms with Gasteiger partial charge in [0.25, 0.3) is 0 Å². The van der Waals surface area contributed by atoms with Crippen LogP contribution in [-0.2, 0) is 17.6 Å². The first kappa shape index (κ1) is 15.0. The molecule has 0 radical (unpaired) electrons. The Balaban J connectivity index is 1.73. The van der Waals surface area contributed by atoms with E-state index in [4.69, 9.17) is 14.7 Å². The number of fused-ring (bicyclic) bond motifs is 1. The second-order valence-electron chi connectivity index (χ2n) is 5.45. The van der Waals surface area contributed by atoms with Gasteiger partial charge in [-0.3, -0.25) is 0 Å². The molecule has 1 aliphatic rings. The molecule has 1 aliphatic carbocycles. The monoisotopic (exact) mass is 308 g/mol. The molecule has 3 rings (SSSR count). The topological polar surface area (TPSA) is 72.2 Å². The van der Waals surface area contributed by atoms with Crippen LogP contribution in [0.4, 0.5) is 0 Å². The van der Waals surface area contributed by atoms with Crippen molar-refractivity contribution < 1.29 is 14.3 Å². The molecule has 5 nitrogen and oxygen atoms in total. The molecule has 23 heavy (non-hydrogen) atoms. The van der Waals surface area contributed by atoms with E-state index in [0.717, 1.165) is 19.3 Å². The van der Waals surface area contributed by atoms with Crippen LogP contribution in [0.1, 0.15) is 33.6 Å². The minimum absolute atomic E-state index is 0.0559. The van der Waals surface area contributed by atoms with Crippen molar-refractivity contribution in [2.24, 2.45) is 0 Å². The summed E-state index contributed by atoms with van der Waals surface area (Å²) in [5.74, 6) is 0.350. The Labute approximate surface area is 134 Å². The molecule has 1 heterocycles. The highest BCUT2D eigenvalue weighted by Gasteiger charge is 2.21. The van der Waals surface area contributed by atoms with Crippen molar-refractivity contribution in [3.63, 3.8) is 0 Å². The summed E-state index contributed by atoms with van der Waals surface area (Å²) < 4.78 is 10.7. The van der Waals surface area contributed by atoms with Gasteiger partial charge in [0.2, 0.25) is 0 Å². The average Bonchev–Trinajstić information content (AvgIpc) is 2.60. The van der Waals surface area contributed by atoms with Crippen molar-refractivity contribution >= 4 is 5.97 Å². The van der Waals surface area contributed by atoms with Crippen molar-refractivity contribution in [1.29, 1.82) is 5.26 Å². The van der Waals surface area contributed by atoms with E-state index in [2.05, 4.69) is 4.98 Å². The Morgan fingerprint density at radius 3 is 2.96 bits per heavy atom. The normalized spacial score (nSPS) is 16.1. The van der Waals surface area contributed by atoms with Gasteiger partial charge in [0.1, 0.15) is 23.6 Å². The van der Waals surface area contributed by atoms with Crippen molar-refractivity contribution in [3.8, 4) is 11.8 Å². The summed E-state index contributed by atoms with van der Waals surface area (Å²) in [7, 11) is 1.38. The zero-order valence-electron chi connectivity index (χ0n) is 12.8. The number of pyridine rings is 1. The second-order valence-corrected chi connectivity index (χ2v) is 5.45. The van der Waals surface area contributed by atoms with Crippen LogP contribution < -0.4 is 4.74 Å². The number of carbonyl (C=O) groups is 1. The van der Waals surface area contributed by atoms with E-state index in [0.29, 0.717) is 17.0 Å². The van der Waals surface area contributed by atoms with Crippen LogP contribution in [0.25, 0.3) is 0 Å². The lowest BCUT2D eigenvalue weighted by atomic mass is 9.88.